The van der Waals surface area contributed by atoms with Crippen molar-refractivity contribution in [1.29, 1.82) is 0 Å². The van der Waals surface area contributed by atoms with Gasteiger partial charge in [-0.3, -0.25) is 5.32 Å². The molecule has 0 aliphatic rings. The van der Waals surface area contributed by atoms with Crippen molar-refractivity contribution in [1.82, 2.24) is 0 Å². The zero-order valence-corrected chi connectivity index (χ0v) is 11.8. The molecule has 0 bridgehead atoms. The maximum Gasteiger partial charge on any atom is 0.412 e. The lowest BCUT2D eigenvalue weighted by Crippen LogP contribution is -2.27. The highest BCUT2D eigenvalue weighted by molar-refractivity contribution is 5.84. The summed E-state index contributed by atoms with van der Waals surface area (Å²) in [6.45, 7) is 4.71. The van der Waals surface area contributed by atoms with Crippen molar-refractivity contribution in [3.8, 4) is 0 Å². The lowest BCUT2D eigenvalue weighted by atomic mass is 10.0. The Balaban J connectivity index is 2.76. The predicted molar refractivity (Wildman–Crippen MR) is 74.4 cm³/mol. The zero-order valence-electron chi connectivity index (χ0n) is 11.8. The number of carbonyl (C=O) groups is 1. The third-order valence-electron chi connectivity index (χ3n) is 2.42. The van der Waals surface area contributed by atoms with Crippen LogP contribution in [0.5, 0.6) is 0 Å². The molecule has 0 spiro atoms. The lowest BCUT2D eigenvalue weighted by Gasteiger charge is -2.20. The van der Waals surface area contributed by atoms with Crippen LogP contribution < -0.4 is 5.32 Å². The number of aliphatic hydroxyl groups is 3. The predicted octanol–water partition coefficient (Wildman–Crippen LogP) is 1.42. The average molecular weight is 283 g/mol. The van der Waals surface area contributed by atoms with Crippen LogP contribution in [0.2, 0.25) is 0 Å². The normalized spacial score (nSPS) is 14.5. The molecule has 0 aromatic heterocycles. The van der Waals surface area contributed by atoms with Crippen molar-refractivity contribution < 1.29 is 24.9 Å². The first-order valence-electron chi connectivity index (χ1n) is 6.30. The van der Waals surface area contributed by atoms with E-state index in [2.05, 4.69) is 5.32 Å². The molecule has 4 N–H and O–H groups in total. The molecule has 1 aromatic rings. The molecule has 1 amide bonds. The number of aliphatic hydroxyl groups excluding tert-OH is 3. The quantitative estimate of drug-likeness (QED) is 0.670. The topological polar surface area (TPSA) is 99.0 Å². The maximum absolute atomic E-state index is 11.6. The van der Waals surface area contributed by atoms with E-state index in [1.54, 1.807) is 39.0 Å². The fraction of sp³-hybridized carbons (Fsp3) is 0.500. The molecule has 0 radical (unpaired) electrons. The van der Waals surface area contributed by atoms with Gasteiger partial charge < -0.3 is 20.1 Å². The van der Waals surface area contributed by atoms with Gasteiger partial charge in [-0.05, 0) is 38.5 Å². The Morgan fingerprint density at radius 1 is 1.35 bits per heavy atom. The molecule has 6 nitrogen and oxygen atoms in total. The minimum atomic E-state index is -1.27. The largest absolute Gasteiger partial charge is 0.444 e. The molecule has 6 heteroatoms. The van der Waals surface area contributed by atoms with Gasteiger partial charge in [-0.25, -0.2) is 4.79 Å². The second-order valence-corrected chi connectivity index (χ2v) is 5.45. The van der Waals surface area contributed by atoms with Crippen LogP contribution >= 0.6 is 0 Å². The summed E-state index contributed by atoms with van der Waals surface area (Å²) >= 11 is 0. The molecule has 0 heterocycles. The Hall–Kier alpha value is -1.63. The third-order valence-corrected chi connectivity index (χ3v) is 2.42. The molecule has 0 saturated carbocycles. The van der Waals surface area contributed by atoms with Gasteiger partial charge in [0.05, 0.1) is 6.61 Å². The van der Waals surface area contributed by atoms with Gasteiger partial charge in [0.2, 0.25) is 0 Å². The lowest BCUT2D eigenvalue weighted by molar-refractivity contribution is -0.0152. The molecule has 1 aromatic carbocycles. The van der Waals surface area contributed by atoms with E-state index >= 15 is 0 Å². The summed E-state index contributed by atoms with van der Waals surface area (Å²) in [6.07, 6.45) is -3.10. The second kappa shape index (κ2) is 6.69. The second-order valence-electron chi connectivity index (χ2n) is 5.45. The van der Waals surface area contributed by atoms with E-state index in [1.807, 2.05) is 0 Å². The standard InChI is InChI=1S/C14H21NO5/c1-14(2,3)20-13(19)15-10-6-4-5-9(7-10)12(18)11(17)8-16/h4-7,11-12,16-18H,8H2,1-3H3,(H,15,19). The minimum Gasteiger partial charge on any atom is -0.444 e. The number of hydrogen-bond donors (Lipinski definition) is 4. The first-order chi connectivity index (χ1) is 9.23. The Bertz CT molecular complexity index is 455. The van der Waals surface area contributed by atoms with Crippen molar-refractivity contribution in [2.45, 2.75) is 38.6 Å². The summed E-state index contributed by atoms with van der Waals surface area (Å²) in [5, 5.41) is 30.5. The smallest absolute Gasteiger partial charge is 0.412 e. The van der Waals surface area contributed by atoms with Crippen LogP contribution in [0.3, 0.4) is 0 Å². The van der Waals surface area contributed by atoms with Crippen LogP contribution in [0, 0.1) is 0 Å². The number of ether oxygens (including phenoxy) is 1. The molecule has 0 aliphatic carbocycles. The molecule has 2 unspecified atom stereocenters. The first kappa shape index (κ1) is 16.4. The van der Waals surface area contributed by atoms with E-state index in [1.165, 1.54) is 6.07 Å². The first-order valence-corrected chi connectivity index (χ1v) is 6.30. The highest BCUT2D eigenvalue weighted by Crippen LogP contribution is 2.21. The van der Waals surface area contributed by atoms with E-state index in [0.29, 0.717) is 11.3 Å². The van der Waals surface area contributed by atoms with Gasteiger partial charge in [0, 0.05) is 5.69 Å². The van der Waals surface area contributed by atoms with Crippen molar-refractivity contribution in [2.24, 2.45) is 0 Å². The summed E-state index contributed by atoms with van der Waals surface area (Å²) in [7, 11) is 0. The van der Waals surface area contributed by atoms with E-state index in [4.69, 9.17) is 9.84 Å². The van der Waals surface area contributed by atoms with Crippen LogP contribution in [-0.4, -0.2) is 39.7 Å². The molecule has 0 fully saturated rings. The maximum atomic E-state index is 11.6. The van der Waals surface area contributed by atoms with Gasteiger partial charge in [0.25, 0.3) is 0 Å². The number of nitrogens with one attached hydrogen (secondary N) is 1. The van der Waals surface area contributed by atoms with E-state index in [0.717, 1.165) is 0 Å². The van der Waals surface area contributed by atoms with Gasteiger partial charge in [-0.1, -0.05) is 12.1 Å². The highest BCUT2D eigenvalue weighted by atomic mass is 16.6. The Morgan fingerprint density at radius 2 is 2.00 bits per heavy atom. The molecule has 0 aliphatic heterocycles. The Labute approximate surface area is 118 Å². The molecule has 1 rings (SSSR count). The number of benzene rings is 1. The fourth-order valence-corrected chi connectivity index (χ4v) is 1.54. The number of amides is 1. The fourth-order valence-electron chi connectivity index (χ4n) is 1.54. The van der Waals surface area contributed by atoms with E-state index in [9.17, 15) is 15.0 Å². The molecule has 112 valence electrons. The van der Waals surface area contributed by atoms with Gasteiger partial charge in [0.15, 0.2) is 0 Å². The molecular weight excluding hydrogens is 262 g/mol. The SMILES string of the molecule is CC(C)(C)OC(=O)Nc1cccc(C(O)C(O)CO)c1. The zero-order chi connectivity index (χ0) is 15.3. The summed E-state index contributed by atoms with van der Waals surface area (Å²) in [6, 6.07) is 6.35. The van der Waals surface area contributed by atoms with Crippen molar-refractivity contribution >= 4 is 11.8 Å². The average Bonchev–Trinajstić information content (AvgIpc) is 2.34. The van der Waals surface area contributed by atoms with Crippen LogP contribution in [0.25, 0.3) is 0 Å². The molecule has 20 heavy (non-hydrogen) atoms. The number of anilines is 1. The van der Waals surface area contributed by atoms with Crippen molar-refractivity contribution in [2.75, 3.05) is 11.9 Å². The highest BCUT2D eigenvalue weighted by Gasteiger charge is 2.19. The molecular formula is C14H21NO5. The van der Waals surface area contributed by atoms with Gasteiger partial charge in [-0.15, -0.1) is 0 Å². The van der Waals surface area contributed by atoms with Crippen LogP contribution in [0.1, 0.15) is 32.4 Å². The van der Waals surface area contributed by atoms with Gasteiger partial charge in [0.1, 0.15) is 17.8 Å². The summed E-state index contributed by atoms with van der Waals surface area (Å²) in [5.41, 5.74) is 0.218. The van der Waals surface area contributed by atoms with Gasteiger partial charge in [-0.2, -0.15) is 0 Å². The number of rotatable bonds is 4. The summed E-state index contributed by atoms with van der Waals surface area (Å²) < 4.78 is 5.11. The summed E-state index contributed by atoms with van der Waals surface area (Å²) in [5.74, 6) is 0. The molecule has 0 saturated heterocycles. The summed E-state index contributed by atoms with van der Waals surface area (Å²) in [4.78, 5) is 11.6. The van der Waals surface area contributed by atoms with Crippen molar-refractivity contribution in [3.63, 3.8) is 0 Å². The van der Waals surface area contributed by atoms with E-state index in [-0.39, 0.29) is 0 Å². The number of carbonyl (C=O) groups excluding carboxylic acids is 1. The van der Waals surface area contributed by atoms with Crippen LogP contribution in [0.15, 0.2) is 24.3 Å². The van der Waals surface area contributed by atoms with Crippen LogP contribution in [0.4, 0.5) is 10.5 Å². The van der Waals surface area contributed by atoms with Crippen LogP contribution in [-0.2, 0) is 4.74 Å². The van der Waals surface area contributed by atoms with E-state index < -0.39 is 30.5 Å². The Kier molecular flexibility index (Phi) is 5.50. The molecule has 2 atom stereocenters. The number of hydrogen-bond acceptors (Lipinski definition) is 5. The Morgan fingerprint density at radius 3 is 2.55 bits per heavy atom. The monoisotopic (exact) mass is 283 g/mol. The van der Waals surface area contributed by atoms with Crippen molar-refractivity contribution in [3.05, 3.63) is 29.8 Å². The van der Waals surface area contributed by atoms with Gasteiger partial charge >= 0.3 is 6.09 Å². The third kappa shape index (κ3) is 5.16. The minimum absolute atomic E-state index is 0.389.